The maximum atomic E-state index is 12.0. The molecule has 1 N–H and O–H groups in total. The Kier molecular flexibility index (Phi) is 3.35. The van der Waals surface area contributed by atoms with Gasteiger partial charge in [-0.05, 0) is 43.5 Å². The van der Waals surface area contributed by atoms with Gasteiger partial charge in [0.05, 0.1) is 17.2 Å². The first-order valence-electron chi connectivity index (χ1n) is 5.58. The van der Waals surface area contributed by atoms with Crippen LogP contribution in [0.5, 0.6) is 0 Å². The summed E-state index contributed by atoms with van der Waals surface area (Å²) in [5.74, 6) is 0.338. The van der Waals surface area contributed by atoms with E-state index in [-0.39, 0.29) is 11.4 Å². The second-order valence-electron chi connectivity index (χ2n) is 4.41. The van der Waals surface area contributed by atoms with Crippen molar-refractivity contribution in [2.75, 3.05) is 5.88 Å². The molecule has 1 aliphatic carbocycles. The number of nitrogens with one attached hydrogen (secondary N) is 1. The van der Waals surface area contributed by atoms with E-state index in [9.17, 15) is 4.79 Å². The highest BCUT2D eigenvalue weighted by molar-refractivity contribution is 6.19. The Hall–Kier alpha value is -1.53. The minimum atomic E-state index is -0.216. The molecule has 1 aliphatic rings. The molecule has 1 amide bonds. The number of nitriles is 1. The van der Waals surface area contributed by atoms with Gasteiger partial charge in [-0.2, -0.15) is 5.26 Å². The van der Waals surface area contributed by atoms with Gasteiger partial charge in [0, 0.05) is 11.4 Å². The number of carbonyl (C=O) groups is 1. The predicted molar refractivity (Wildman–Crippen MR) is 65.9 cm³/mol. The van der Waals surface area contributed by atoms with Crippen LogP contribution in [-0.4, -0.2) is 17.3 Å². The lowest BCUT2D eigenvalue weighted by Gasteiger charge is -2.41. The third-order valence-electron chi connectivity index (χ3n) is 3.22. The lowest BCUT2D eigenvalue weighted by Crippen LogP contribution is -2.55. The summed E-state index contributed by atoms with van der Waals surface area (Å²) in [7, 11) is 0. The quantitative estimate of drug-likeness (QED) is 0.836. The molecule has 0 bridgehead atoms. The molecule has 0 saturated heterocycles. The summed E-state index contributed by atoms with van der Waals surface area (Å²) in [4.78, 5) is 12.0. The van der Waals surface area contributed by atoms with Gasteiger partial charge in [-0.1, -0.05) is 0 Å². The minimum Gasteiger partial charge on any atom is -0.345 e. The maximum absolute atomic E-state index is 12.0. The van der Waals surface area contributed by atoms with Crippen molar-refractivity contribution in [2.24, 2.45) is 0 Å². The highest BCUT2D eigenvalue weighted by Gasteiger charge is 2.37. The van der Waals surface area contributed by atoms with Crippen LogP contribution in [0.4, 0.5) is 0 Å². The molecule has 0 aliphatic heterocycles. The van der Waals surface area contributed by atoms with Crippen LogP contribution in [0.2, 0.25) is 0 Å². The van der Waals surface area contributed by atoms with Gasteiger partial charge < -0.3 is 5.32 Å². The summed E-state index contributed by atoms with van der Waals surface area (Å²) in [6.45, 7) is 0. The number of rotatable bonds is 3. The zero-order valence-corrected chi connectivity index (χ0v) is 10.1. The topological polar surface area (TPSA) is 52.9 Å². The van der Waals surface area contributed by atoms with Gasteiger partial charge >= 0.3 is 0 Å². The standard InChI is InChI=1S/C13H13ClN2O/c14-9-13(6-1-7-13)16-12(17)11-4-2-10(8-15)3-5-11/h2-5H,1,6-7,9H2,(H,16,17). The zero-order valence-electron chi connectivity index (χ0n) is 9.37. The molecule has 1 fully saturated rings. The summed E-state index contributed by atoms with van der Waals surface area (Å²) in [5, 5.41) is 11.7. The number of hydrogen-bond donors (Lipinski definition) is 1. The SMILES string of the molecule is N#Cc1ccc(C(=O)NC2(CCl)CCC2)cc1. The molecule has 0 radical (unpaired) electrons. The highest BCUT2D eigenvalue weighted by Crippen LogP contribution is 2.33. The van der Waals surface area contributed by atoms with Gasteiger partial charge in [0.2, 0.25) is 0 Å². The third-order valence-corrected chi connectivity index (χ3v) is 3.73. The molecule has 1 aromatic carbocycles. The van der Waals surface area contributed by atoms with E-state index < -0.39 is 0 Å². The molecule has 0 atom stereocenters. The fraction of sp³-hybridized carbons (Fsp3) is 0.385. The van der Waals surface area contributed by atoms with E-state index in [1.807, 2.05) is 6.07 Å². The summed E-state index contributed by atoms with van der Waals surface area (Å²) < 4.78 is 0. The number of halogens is 1. The number of carbonyl (C=O) groups excluding carboxylic acids is 1. The second-order valence-corrected chi connectivity index (χ2v) is 4.68. The van der Waals surface area contributed by atoms with Crippen molar-refractivity contribution < 1.29 is 4.79 Å². The lowest BCUT2D eigenvalue weighted by atomic mass is 9.78. The monoisotopic (exact) mass is 248 g/mol. The molecular formula is C13H13ClN2O. The number of alkyl halides is 1. The van der Waals surface area contributed by atoms with E-state index in [2.05, 4.69) is 5.32 Å². The summed E-state index contributed by atoms with van der Waals surface area (Å²) >= 11 is 5.88. The fourth-order valence-electron chi connectivity index (χ4n) is 1.90. The molecule has 0 aromatic heterocycles. The Morgan fingerprint density at radius 2 is 2.06 bits per heavy atom. The van der Waals surface area contributed by atoms with Crippen LogP contribution in [-0.2, 0) is 0 Å². The van der Waals surface area contributed by atoms with Crippen molar-refractivity contribution in [1.82, 2.24) is 5.32 Å². The highest BCUT2D eigenvalue weighted by atomic mass is 35.5. The molecule has 3 nitrogen and oxygen atoms in total. The van der Waals surface area contributed by atoms with Crippen molar-refractivity contribution in [3.63, 3.8) is 0 Å². The Morgan fingerprint density at radius 3 is 2.47 bits per heavy atom. The molecule has 1 aromatic rings. The molecule has 1 saturated carbocycles. The summed E-state index contributed by atoms with van der Waals surface area (Å²) in [5.41, 5.74) is 0.907. The van der Waals surface area contributed by atoms with E-state index in [1.165, 1.54) is 0 Å². The van der Waals surface area contributed by atoms with Gasteiger partial charge in [-0.3, -0.25) is 4.79 Å². The number of hydrogen-bond acceptors (Lipinski definition) is 2. The molecule has 0 heterocycles. The van der Waals surface area contributed by atoms with Gasteiger partial charge in [0.25, 0.3) is 5.91 Å². The molecule has 0 unspecified atom stereocenters. The van der Waals surface area contributed by atoms with E-state index in [4.69, 9.17) is 16.9 Å². The molecule has 0 spiro atoms. The van der Waals surface area contributed by atoms with Crippen LogP contribution < -0.4 is 5.32 Å². The molecule has 17 heavy (non-hydrogen) atoms. The van der Waals surface area contributed by atoms with Crippen LogP contribution in [0.3, 0.4) is 0 Å². The van der Waals surface area contributed by atoms with Crippen molar-refractivity contribution in [1.29, 1.82) is 5.26 Å². The third kappa shape index (κ3) is 2.42. The van der Waals surface area contributed by atoms with Crippen LogP contribution >= 0.6 is 11.6 Å². The Bertz CT molecular complexity index is 452. The van der Waals surface area contributed by atoms with E-state index in [1.54, 1.807) is 24.3 Å². The summed E-state index contributed by atoms with van der Waals surface area (Å²) in [6, 6.07) is 8.63. The Balaban J connectivity index is 2.07. The normalized spacial score (nSPS) is 16.7. The molecule has 88 valence electrons. The number of amides is 1. The average molecular weight is 249 g/mol. The molecule has 2 rings (SSSR count). The van der Waals surface area contributed by atoms with Crippen LogP contribution in [0.1, 0.15) is 35.2 Å². The van der Waals surface area contributed by atoms with Crippen LogP contribution in [0.15, 0.2) is 24.3 Å². The first-order chi connectivity index (χ1) is 8.19. The molecular weight excluding hydrogens is 236 g/mol. The summed E-state index contributed by atoms with van der Waals surface area (Å²) in [6.07, 6.45) is 3.00. The fourth-order valence-corrected chi connectivity index (χ4v) is 2.24. The van der Waals surface area contributed by atoms with Crippen LogP contribution in [0, 0.1) is 11.3 Å². The first kappa shape index (κ1) is 11.9. The lowest BCUT2D eigenvalue weighted by molar-refractivity contribution is 0.0854. The van der Waals surface area contributed by atoms with Crippen LogP contribution in [0.25, 0.3) is 0 Å². The van der Waals surface area contributed by atoms with Gasteiger partial charge in [0.1, 0.15) is 0 Å². The maximum Gasteiger partial charge on any atom is 0.251 e. The van der Waals surface area contributed by atoms with E-state index in [0.29, 0.717) is 17.0 Å². The zero-order chi connectivity index (χ0) is 12.3. The Morgan fingerprint density at radius 1 is 1.41 bits per heavy atom. The Labute approximate surface area is 105 Å². The van der Waals surface area contributed by atoms with Gasteiger partial charge in [-0.25, -0.2) is 0 Å². The first-order valence-corrected chi connectivity index (χ1v) is 6.11. The largest absolute Gasteiger partial charge is 0.345 e. The van der Waals surface area contributed by atoms with Crippen molar-refractivity contribution in [3.8, 4) is 6.07 Å². The van der Waals surface area contributed by atoms with Crippen molar-refractivity contribution >= 4 is 17.5 Å². The predicted octanol–water partition coefficient (Wildman–Crippen LogP) is 2.45. The number of nitrogens with zero attached hydrogens (tertiary/aromatic N) is 1. The molecule has 4 heteroatoms. The van der Waals surface area contributed by atoms with Gasteiger partial charge in [0.15, 0.2) is 0 Å². The van der Waals surface area contributed by atoms with E-state index in [0.717, 1.165) is 19.3 Å². The van der Waals surface area contributed by atoms with Gasteiger partial charge in [-0.15, -0.1) is 11.6 Å². The van der Waals surface area contributed by atoms with Crippen molar-refractivity contribution in [3.05, 3.63) is 35.4 Å². The average Bonchev–Trinajstić information content (AvgIpc) is 2.33. The number of benzene rings is 1. The van der Waals surface area contributed by atoms with E-state index >= 15 is 0 Å². The minimum absolute atomic E-state index is 0.116. The second kappa shape index (κ2) is 4.77. The van der Waals surface area contributed by atoms with Crippen molar-refractivity contribution in [2.45, 2.75) is 24.8 Å². The smallest absolute Gasteiger partial charge is 0.251 e.